The third-order valence-electron chi connectivity index (χ3n) is 6.25. The van der Waals surface area contributed by atoms with Crippen molar-refractivity contribution in [3.63, 3.8) is 0 Å². The van der Waals surface area contributed by atoms with Crippen molar-refractivity contribution in [2.24, 2.45) is 0 Å². The number of rotatable bonds is 4. The summed E-state index contributed by atoms with van der Waals surface area (Å²) in [6.07, 6.45) is 1.63. The molecule has 7 heteroatoms. The van der Waals surface area contributed by atoms with Gasteiger partial charge in [-0.05, 0) is 42.5 Å². The highest BCUT2D eigenvalue weighted by molar-refractivity contribution is 6.06. The van der Waals surface area contributed by atoms with Gasteiger partial charge in [0.15, 0.2) is 0 Å². The Hall–Kier alpha value is -4.13. The van der Waals surface area contributed by atoms with Crippen LogP contribution in [0.25, 0.3) is 16.5 Å². The predicted octanol–water partition coefficient (Wildman–Crippen LogP) is 4.10. The number of ether oxygens (including phenoxy) is 1. The van der Waals surface area contributed by atoms with Gasteiger partial charge in [0.25, 0.3) is 11.5 Å². The number of piperazine rings is 1. The third-order valence-corrected chi connectivity index (χ3v) is 6.25. The number of anilines is 1. The van der Waals surface area contributed by atoms with Crippen molar-refractivity contribution in [3.8, 4) is 11.4 Å². The zero-order valence-corrected chi connectivity index (χ0v) is 18.8. The highest BCUT2D eigenvalue weighted by Crippen LogP contribution is 2.23. The Kier molecular flexibility index (Phi) is 5.76. The van der Waals surface area contributed by atoms with Crippen molar-refractivity contribution < 1.29 is 13.9 Å². The maximum Gasteiger partial charge on any atom is 0.262 e. The van der Waals surface area contributed by atoms with Crippen molar-refractivity contribution >= 4 is 22.4 Å². The van der Waals surface area contributed by atoms with Crippen LogP contribution in [0.4, 0.5) is 10.1 Å². The first-order valence-corrected chi connectivity index (χ1v) is 11.1. The summed E-state index contributed by atoms with van der Waals surface area (Å²) in [5.74, 6) is 0.240. The minimum absolute atomic E-state index is 0.119. The maximum absolute atomic E-state index is 13.6. The minimum Gasteiger partial charge on any atom is -0.497 e. The Labute approximate surface area is 196 Å². The van der Waals surface area contributed by atoms with Crippen molar-refractivity contribution in [1.82, 2.24) is 9.47 Å². The van der Waals surface area contributed by atoms with Gasteiger partial charge in [-0.2, -0.15) is 0 Å². The molecule has 1 saturated heterocycles. The summed E-state index contributed by atoms with van der Waals surface area (Å²) in [5.41, 5.74) is 1.85. The van der Waals surface area contributed by atoms with Gasteiger partial charge in [-0.1, -0.05) is 24.3 Å². The number of aromatic nitrogens is 1. The molecule has 34 heavy (non-hydrogen) atoms. The number of hydrogen-bond acceptors (Lipinski definition) is 4. The van der Waals surface area contributed by atoms with E-state index in [4.69, 9.17) is 4.74 Å². The van der Waals surface area contributed by atoms with Crippen LogP contribution >= 0.6 is 0 Å². The van der Waals surface area contributed by atoms with Gasteiger partial charge in [0.2, 0.25) is 0 Å². The number of nitrogens with zero attached hydrogens (tertiary/aromatic N) is 3. The zero-order chi connectivity index (χ0) is 23.7. The molecule has 0 spiro atoms. The fourth-order valence-corrected chi connectivity index (χ4v) is 4.40. The van der Waals surface area contributed by atoms with E-state index in [0.29, 0.717) is 54.0 Å². The highest BCUT2D eigenvalue weighted by Gasteiger charge is 2.25. The molecule has 3 aromatic carbocycles. The number of amides is 1. The van der Waals surface area contributed by atoms with Crippen LogP contribution in [0, 0.1) is 5.82 Å². The second-order valence-electron chi connectivity index (χ2n) is 8.22. The van der Waals surface area contributed by atoms with Gasteiger partial charge in [0.05, 0.1) is 18.4 Å². The molecule has 1 aliphatic rings. The first kappa shape index (κ1) is 21.7. The van der Waals surface area contributed by atoms with E-state index in [1.54, 1.807) is 43.6 Å². The fraction of sp³-hybridized carbons (Fsp3) is 0.185. The van der Waals surface area contributed by atoms with Gasteiger partial charge in [0.1, 0.15) is 11.6 Å². The molecule has 0 unspecified atom stereocenters. The molecule has 4 aromatic rings. The topological polar surface area (TPSA) is 54.8 Å². The summed E-state index contributed by atoms with van der Waals surface area (Å²) in [4.78, 5) is 30.8. The Morgan fingerprint density at radius 2 is 1.56 bits per heavy atom. The minimum atomic E-state index is -0.268. The molecular weight excluding hydrogens is 433 g/mol. The standard InChI is InChI=1S/C27H24FN3O3/c1-34-22-6-4-5-21(17-22)31-18-25(23-7-2-3-8-24(23)27(31)33)26(32)30-15-13-29(14-16-30)20-11-9-19(28)10-12-20/h2-12,17-18H,13-16H2,1H3. The van der Waals surface area contributed by atoms with E-state index in [-0.39, 0.29) is 17.3 Å². The van der Waals surface area contributed by atoms with E-state index in [1.165, 1.54) is 16.7 Å². The monoisotopic (exact) mass is 457 g/mol. The first-order valence-electron chi connectivity index (χ1n) is 11.1. The number of fused-ring (bicyclic) bond motifs is 1. The Morgan fingerprint density at radius 3 is 2.26 bits per heavy atom. The molecule has 1 aliphatic heterocycles. The second kappa shape index (κ2) is 9.02. The van der Waals surface area contributed by atoms with Crippen LogP contribution in [-0.4, -0.2) is 48.7 Å². The van der Waals surface area contributed by atoms with Crippen molar-refractivity contribution in [3.05, 3.63) is 101 Å². The average molecular weight is 458 g/mol. The molecule has 1 fully saturated rings. The molecule has 0 radical (unpaired) electrons. The van der Waals surface area contributed by atoms with Crippen LogP contribution in [0.5, 0.6) is 5.75 Å². The van der Waals surface area contributed by atoms with Gasteiger partial charge in [-0.25, -0.2) is 4.39 Å². The average Bonchev–Trinajstić information content (AvgIpc) is 2.89. The van der Waals surface area contributed by atoms with Crippen molar-refractivity contribution in [2.45, 2.75) is 0 Å². The summed E-state index contributed by atoms with van der Waals surface area (Å²) in [6, 6.07) is 20.8. The lowest BCUT2D eigenvalue weighted by atomic mass is 10.1. The number of methoxy groups -OCH3 is 1. The van der Waals surface area contributed by atoms with Crippen LogP contribution in [0.1, 0.15) is 10.4 Å². The molecule has 6 nitrogen and oxygen atoms in total. The predicted molar refractivity (Wildman–Crippen MR) is 131 cm³/mol. The van der Waals surface area contributed by atoms with Crippen molar-refractivity contribution in [2.75, 3.05) is 38.2 Å². The number of carbonyl (C=O) groups excluding carboxylic acids is 1. The second-order valence-corrected chi connectivity index (χ2v) is 8.22. The highest BCUT2D eigenvalue weighted by atomic mass is 19.1. The van der Waals surface area contributed by atoms with Gasteiger partial charge in [0, 0.05) is 54.9 Å². The summed E-state index contributed by atoms with van der Waals surface area (Å²) in [5, 5.41) is 1.12. The number of hydrogen-bond donors (Lipinski definition) is 0. The van der Waals surface area contributed by atoms with E-state index in [2.05, 4.69) is 4.90 Å². The molecule has 5 rings (SSSR count). The Bertz CT molecular complexity index is 1410. The molecule has 0 aliphatic carbocycles. The summed E-state index contributed by atoms with van der Waals surface area (Å²) in [6.45, 7) is 2.35. The van der Waals surface area contributed by atoms with Gasteiger partial charge in [-0.3, -0.25) is 14.2 Å². The quantitative estimate of drug-likeness (QED) is 0.463. The third kappa shape index (κ3) is 4.01. The summed E-state index contributed by atoms with van der Waals surface area (Å²) < 4.78 is 20.1. The summed E-state index contributed by atoms with van der Waals surface area (Å²) in [7, 11) is 1.57. The molecule has 0 saturated carbocycles. The Morgan fingerprint density at radius 1 is 0.853 bits per heavy atom. The molecule has 1 amide bonds. The first-order chi connectivity index (χ1) is 16.5. The fourth-order valence-electron chi connectivity index (χ4n) is 4.40. The zero-order valence-electron chi connectivity index (χ0n) is 18.8. The largest absolute Gasteiger partial charge is 0.497 e. The van der Waals surface area contributed by atoms with E-state index in [1.807, 2.05) is 35.2 Å². The van der Waals surface area contributed by atoms with Gasteiger partial charge in [-0.15, -0.1) is 0 Å². The Balaban J connectivity index is 1.48. The van der Waals surface area contributed by atoms with Crippen LogP contribution in [-0.2, 0) is 0 Å². The molecule has 0 N–H and O–H groups in total. The smallest absolute Gasteiger partial charge is 0.262 e. The molecule has 172 valence electrons. The number of pyridine rings is 1. The van der Waals surface area contributed by atoms with Gasteiger partial charge < -0.3 is 14.5 Å². The molecular formula is C27H24FN3O3. The van der Waals surface area contributed by atoms with E-state index in [0.717, 1.165) is 5.69 Å². The lowest BCUT2D eigenvalue weighted by Gasteiger charge is -2.36. The lowest BCUT2D eigenvalue weighted by Crippen LogP contribution is -2.49. The maximum atomic E-state index is 13.6. The number of benzene rings is 3. The lowest BCUT2D eigenvalue weighted by molar-refractivity contribution is 0.0748. The molecule has 2 heterocycles. The summed E-state index contributed by atoms with van der Waals surface area (Å²) >= 11 is 0. The van der Waals surface area contributed by atoms with Crippen LogP contribution < -0.4 is 15.2 Å². The van der Waals surface area contributed by atoms with E-state index < -0.39 is 0 Å². The number of halogens is 1. The SMILES string of the molecule is COc1cccc(-n2cc(C(=O)N3CCN(c4ccc(F)cc4)CC3)c3ccccc3c2=O)c1. The normalized spacial score (nSPS) is 13.8. The van der Waals surface area contributed by atoms with Crippen LogP contribution in [0.2, 0.25) is 0 Å². The van der Waals surface area contributed by atoms with Crippen molar-refractivity contribution in [1.29, 1.82) is 0 Å². The number of carbonyl (C=O) groups is 1. The molecule has 0 bridgehead atoms. The van der Waals surface area contributed by atoms with Crippen LogP contribution in [0.3, 0.4) is 0 Å². The molecule has 0 atom stereocenters. The van der Waals surface area contributed by atoms with Gasteiger partial charge >= 0.3 is 0 Å². The van der Waals surface area contributed by atoms with E-state index >= 15 is 0 Å². The molecule has 1 aromatic heterocycles. The van der Waals surface area contributed by atoms with E-state index in [9.17, 15) is 14.0 Å². The van der Waals surface area contributed by atoms with Crippen LogP contribution in [0.15, 0.2) is 83.8 Å².